The van der Waals surface area contributed by atoms with Crippen molar-refractivity contribution in [1.82, 2.24) is 19.9 Å². The van der Waals surface area contributed by atoms with Gasteiger partial charge < -0.3 is 0 Å². The topological polar surface area (TPSA) is 51.6 Å². The van der Waals surface area contributed by atoms with E-state index in [1.807, 2.05) is 36.7 Å². The highest BCUT2D eigenvalue weighted by molar-refractivity contribution is 7.27. The summed E-state index contributed by atoms with van der Waals surface area (Å²) in [6, 6.07) is 38.6. The summed E-state index contributed by atoms with van der Waals surface area (Å²) in [6.45, 7) is 0. The molecule has 46 heavy (non-hydrogen) atoms. The van der Waals surface area contributed by atoms with E-state index in [1.165, 1.54) is 39.7 Å². The summed E-state index contributed by atoms with van der Waals surface area (Å²) >= 11 is 7.03. The maximum Gasteiger partial charge on any atom is 0.134 e. The Morgan fingerprint density at radius 1 is 0.370 bits per heavy atom. The third-order valence-corrected chi connectivity index (χ3v) is 12.9. The monoisotopic (exact) mass is 660 g/mol. The number of rotatable bonds is 4. The van der Waals surface area contributed by atoms with Gasteiger partial charge >= 0.3 is 0 Å². The Hall–Kier alpha value is -4.86. The highest BCUT2D eigenvalue weighted by Gasteiger charge is 2.15. The molecule has 0 radical (unpaired) electrons. The number of benzene rings is 4. The van der Waals surface area contributed by atoms with Crippen molar-refractivity contribution in [1.29, 1.82) is 0 Å². The summed E-state index contributed by atoms with van der Waals surface area (Å²) in [4.78, 5) is 24.2. The lowest BCUT2D eigenvalue weighted by atomic mass is 10.1. The molecule has 0 aliphatic heterocycles. The summed E-state index contributed by atoms with van der Waals surface area (Å²) in [5, 5.41) is 6.79. The number of thiophene rings is 2. The van der Waals surface area contributed by atoms with Crippen molar-refractivity contribution >= 4 is 98.4 Å². The van der Waals surface area contributed by atoms with Crippen LogP contribution in [0, 0.1) is 0 Å². The lowest BCUT2D eigenvalue weighted by molar-refractivity contribution is 1.42. The molecule has 216 valence electrons. The first-order valence-electron chi connectivity index (χ1n) is 14.8. The molecule has 0 aliphatic carbocycles. The summed E-state index contributed by atoms with van der Waals surface area (Å²) in [5.74, 6) is 0. The highest BCUT2D eigenvalue weighted by Crippen LogP contribution is 2.42. The molecule has 0 aliphatic rings. The Morgan fingerprint density at radius 2 is 0.826 bits per heavy atom. The number of aromatic nitrogens is 4. The van der Waals surface area contributed by atoms with Crippen molar-refractivity contribution in [3.63, 3.8) is 0 Å². The highest BCUT2D eigenvalue weighted by atomic mass is 32.1. The van der Waals surface area contributed by atoms with Gasteiger partial charge in [-0.05, 0) is 83.6 Å². The number of nitrogens with zero attached hydrogens (tertiary/aromatic N) is 4. The van der Waals surface area contributed by atoms with Crippen LogP contribution in [0.4, 0.5) is 0 Å². The molecule has 0 saturated heterocycles. The smallest absolute Gasteiger partial charge is 0.134 e. The van der Waals surface area contributed by atoms with E-state index in [9.17, 15) is 0 Å². The van der Waals surface area contributed by atoms with E-state index in [4.69, 9.17) is 9.97 Å². The van der Waals surface area contributed by atoms with Gasteiger partial charge in [-0.25, -0.2) is 9.97 Å². The van der Waals surface area contributed by atoms with Gasteiger partial charge in [-0.3, -0.25) is 9.97 Å². The van der Waals surface area contributed by atoms with E-state index in [0.717, 1.165) is 54.0 Å². The predicted molar refractivity (Wildman–Crippen MR) is 198 cm³/mol. The molecular formula is C38H20N4S4. The maximum atomic E-state index is 5.07. The molecule has 0 amide bonds. The van der Waals surface area contributed by atoms with Crippen LogP contribution in [0.1, 0.15) is 0 Å². The van der Waals surface area contributed by atoms with Crippen molar-refractivity contribution in [2.75, 3.05) is 0 Å². The zero-order valence-electron chi connectivity index (χ0n) is 24.0. The molecule has 6 heterocycles. The van der Waals surface area contributed by atoms with Crippen LogP contribution in [0.2, 0.25) is 0 Å². The van der Waals surface area contributed by atoms with Gasteiger partial charge in [0, 0.05) is 44.0 Å². The molecule has 10 rings (SSSR count). The van der Waals surface area contributed by atoms with E-state index in [1.54, 1.807) is 45.3 Å². The molecule has 0 saturated carbocycles. The van der Waals surface area contributed by atoms with Crippen LogP contribution < -0.4 is 0 Å². The number of hydrogen-bond acceptors (Lipinski definition) is 8. The third-order valence-electron chi connectivity index (χ3n) is 8.24. The molecule has 6 aromatic heterocycles. The van der Waals surface area contributed by atoms with Gasteiger partial charge in [-0.2, -0.15) is 0 Å². The second-order valence-electron chi connectivity index (χ2n) is 11.2. The van der Waals surface area contributed by atoms with Gasteiger partial charge in [0.2, 0.25) is 0 Å². The van der Waals surface area contributed by atoms with Gasteiger partial charge in [-0.1, -0.05) is 36.4 Å². The molecule has 0 atom stereocenters. The van der Waals surface area contributed by atoms with E-state index >= 15 is 0 Å². The molecule has 0 bridgehead atoms. The average Bonchev–Trinajstić information content (AvgIpc) is 3.91. The molecule has 0 spiro atoms. The summed E-state index contributed by atoms with van der Waals surface area (Å²) in [7, 11) is 0. The second-order valence-corrected chi connectivity index (χ2v) is 15.4. The summed E-state index contributed by atoms with van der Waals surface area (Å²) in [5.41, 5.74) is 6.37. The molecule has 0 fully saturated rings. The van der Waals surface area contributed by atoms with Gasteiger partial charge in [0.25, 0.3) is 0 Å². The number of pyridine rings is 2. The van der Waals surface area contributed by atoms with Crippen molar-refractivity contribution in [2.45, 2.75) is 0 Å². The largest absolute Gasteiger partial charge is 0.256 e. The first kappa shape index (κ1) is 26.4. The molecule has 10 aromatic rings. The quantitative estimate of drug-likeness (QED) is 0.188. The minimum absolute atomic E-state index is 1.02. The molecule has 8 heteroatoms. The van der Waals surface area contributed by atoms with Gasteiger partial charge in [-0.15, -0.1) is 45.3 Å². The zero-order chi connectivity index (χ0) is 30.2. The number of fused-ring (bicyclic) bond motifs is 5. The average molecular weight is 661 g/mol. The van der Waals surface area contributed by atoms with Crippen LogP contribution in [0.15, 0.2) is 122 Å². The molecular weight excluding hydrogens is 641 g/mol. The van der Waals surface area contributed by atoms with E-state index in [0.29, 0.717) is 0 Å². The first-order valence-corrected chi connectivity index (χ1v) is 18.0. The molecule has 4 nitrogen and oxygen atoms in total. The lowest BCUT2D eigenvalue weighted by Crippen LogP contribution is -1.79. The van der Waals surface area contributed by atoms with Crippen LogP contribution in [0.5, 0.6) is 0 Å². The minimum atomic E-state index is 1.02. The minimum Gasteiger partial charge on any atom is -0.256 e. The predicted octanol–water partition coefficient (Wildman–Crippen LogP) is 11.9. The van der Waals surface area contributed by atoms with Crippen molar-refractivity contribution < 1.29 is 0 Å². The zero-order valence-corrected chi connectivity index (χ0v) is 27.2. The summed E-state index contributed by atoms with van der Waals surface area (Å²) < 4.78 is 2.37. The number of thiazole rings is 2. The van der Waals surface area contributed by atoms with Crippen LogP contribution in [-0.2, 0) is 0 Å². The lowest BCUT2D eigenvalue weighted by Gasteiger charge is -2.00. The molecule has 0 unspecified atom stereocenters. The van der Waals surface area contributed by atoms with Crippen LogP contribution in [-0.4, -0.2) is 19.9 Å². The normalized spacial score (nSPS) is 11.9. The fourth-order valence-corrected chi connectivity index (χ4v) is 10.0. The molecule has 4 aromatic carbocycles. The molecule has 0 N–H and O–H groups in total. The van der Waals surface area contributed by atoms with Gasteiger partial charge in [0.15, 0.2) is 0 Å². The van der Waals surface area contributed by atoms with Gasteiger partial charge in [0.1, 0.15) is 10.0 Å². The fourth-order valence-electron chi connectivity index (χ4n) is 5.93. The third kappa shape index (κ3) is 4.45. The van der Waals surface area contributed by atoms with E-state index < -0.39 is 0 Å². The SMILES string of the molecule is c1ccc2ncc(-c3ccc(-c4nc5cc6cc7sc(-c8ccc(-c9cnc%10ccccc%10c9)s8)nc7cc6cc5s4)s3)cc2c1. The summed E-state index contributed by atoms with van der Waals surface area (Å²) in [6.07, 6.45) is 3.93. The first-order chi connectivity index (χ1) is 22.7. The Kier molecular flexibility index (Phi) is 5.92. The maximum absolute atomic E-state index is 5.07. The van der Waals surface area contributed by atoms with Gasteiger partial charge in [0.05, 0.1) is 41.2 Å². The Bertz CT molecular complexity index is 2530. The van der Waals surface area contributed by atoms with Crippen LogP contribution >= 0.6 is 45.3 Å². The number of para-hydroxylation sites is 2. The van der Waals surface area contributed by atoms with Crippen LogP contribution in [0.3, 0.4) is 0 Å². The Morgan fingerprint density at radius 3 is 1.33 bits per heavy atom. The Labute approximate surface area is 279 Å². The second kappa shape index (κ2) is 10.3. The van der Waals surface area contributed by atoms with Crippen molar-refractivity contribution in [3.8, 4) is 40.7 Å². The van der Waals surface area contributed by atoms with Crippen molar-refractivity contribution in [2.24, 2.45) is 0 Å². The standard InChI is InChI=1S/C38H20N4S4/c1-3-7-27-21(5-1)13-25(19-39-27)31-9-11-33(43-31)37-41-29-15-23-18-36-30(16-24(23)17-35(29)45-37)42-38(46-36)34-12-10-32(44-34)26-14-22-6-2-4-8-28(22)40-20-26/h1-20H. The van der Waals surface area contributed by atoms with Crippen molar-refractivity contribution in [3.05, 3.63) is 122 Å². The Balaban J connectivity index is 0.968. The van der Waals surface area contributed by atoms with E-state index in [2.05, 4.69) is 94.9 Å². The van der Waals surface area contributed by atoms with Crippen LogP contribution in [0.25, 0.3) is 93.7 Å². The van der Waals surface area contributed by atoms with E-state index in [-0.39, 0.29) is 0 Å². The fraction of sp³-hybridized carbons (Fsp3) is 0. The number of hydrogen-bond donors (Lipinski definition) is 0.